The number of carbonyl (C=O) groups excluding carboxylic acids is 1. The van der Waals surface area contributed by atoms with Crippen molar-refractivity contribution < 1.29 is 9.18 Å². The molecule has 7 heteroatoms. The molecule has 3 N–H and O–H groups in total. The molecule has 0 spiro atoms. The van der Waals surface area contributed by atoms with Crippen LogP contribution in [0.15, 0.2) is 61.1 Å². The van der Waals surface area contributed by atoms with Gasteiger partial charge in [-0.25, -0.2) is 4.39 Å². The lowest BCUT2D eigenvalue weighted by Gasteiger charge is -2.09. The van der Waals surface area contributed by atoms with Crippen LogP contribution in [0.5, 0.6) is 0 Å². The second-order valence-electron chi connectivity index (χ2n) is 7.41. The number of rotatable bonds is 7. The molecule has 2 heterocycles. The number of hydrogen-bond acceptors (Lipinski definition) is 3. The number of pyridine rings is 1. The van der Waals surface area contributed by atoms with Gasteiger partial charge in [-0.15, -0.1) is 0 Å². The first-order chi connectivity index (χ1) is 15.0. The van der Waals surface area contributed by atoms with E-state index in [2.05, 4.69) is 44.9 Å². The minimum atomic E-state index is -0.403. The van der Waals surface area contributed by atoms with Crippen molar-refractivity contribution >= 4 is 28.4 Å². The quantitative estimate of drug-likeness (QED) is 0.396. The van der Waals surface area contributed by atoms with Crippen LogP contribution < -0.4 is 10.6 Å². The van der Waals surface area contributed by atoms with Crippen LogP contribution in [0.25, 0.3) is 10.9 Å². The summed E-state index contributed by atoms with van der Waals surface area (Å²) >= 11 is 6.11. The van der Waals surface area contributed by atoms with E-state index in [0.717, 1.165) is 23.1 Å². The first kappa shape index (κ1) is 21.0. The van der Waals surface area contributed by atoms with E-state index in [1.54, 1.807) is 18.5 Å². The fraction of sp³-hybridized carbons (Fsp3) is 0.167. The molecule has 0 aliphatic heterocycles. The van der Waals surface area contributed by atoms with Crippen LogP contribution in [0.4, 0.5) is 4.39 Å². The lowest BCUT2D eigenvalue weighted by atomic mass is 10.0. The first-order valence-electron chi connectivity index (χ1n) is 9.93. The number of benzene rings is 2. The van der Waals surface area contributed by atoms with Gasteiger partial charge in [-0.2, -0.15) is 0 Å². The highest BCUT2D eigenvalue weighted by atomic mass is 35.5. The summed E-state index contributed by atoms with van der Waals surface area (Å²) in [6.07, 6.45) is 5.54. The van der Waals surface area contributed by atoms with Crippen LogP contribution >= 0.6 is 11.6 Å². The molecule has 4 aromatic rings. The Morgan fingerprint density at radius 1 is 1.06 bits per heavy atom. The molecule has 0 bridgehead atoms. The van der Waals surface area contributed by atoms with Gasteiger partial charge >= 0.3 is 0 Å². The summed E-state index contributed by atoms with van der Waals surface area (Å²) in [6.45, 7) is 0.876. The van der Waals surface area contributed by atoms with Crippen LogP contribution in [-0.4, -0.2) is 22.9 Å². The predicted octanol–water partition coefficient (Wildman–Crippen LogP) is 4.60. The number of amides is 1. The number of halogens is 2. The lowest BCUT2D eigenvalue weighted by Crippen LogP contribution is -2.23. The number of aromatic amines is 1. The van der Waals surface area contributed by atoms with Crippen molar-refractivity contribution in [3.8, 4) is 0 Å². The Morgan fingerprint density at radius 2 is 1.84 bits per heavy atom. The highest BCUT2D eigenvalue weighted by Gasteiger charge is 2.12. The molecule has 31 heavy (non-hydrogen) atoms. The van der Waals surface area contributed by atoms with Crippen molar-refractivity contribution in [3.63, 3.8) is 0 Å². The molecule has 0 fully saturated rings. The van der Waals surface area contributed by atoms with Gasteiger partial charge < -0.3 is 15.6 Å². The van der Waals surface area contributed by atoms with E-state index in [1.165, 1.54) is 17.8 Å². The Bertz CT molecular complexity index is 1220. The zero-order chi connectivity index (χ0) is 21.8. The fourth-order valence-electron chi connectivity index (χ4n) is 3.49. The molecule has 0 saturated carbocycles. The van der Waals surface area contributed by atoms with Gasteiger partial charge in [0, 0.05) is 48.1 Å². The number of H-pyrrole nitrogens is 1. The summed E-state index contributed by atoms with van der Waals surface area (Å²) in [5.74, 6) is -0.710. The molecule has 0 aliphatic carbocycles. The maximum Gasteiger partial charge on any atom is 0.253 e. The smallest absolute Gasteiger partial charge is 0.253 e. The van der Waals surface area contributed by atoms with Gasteiger partial charge in [0.05, 0.1) is 10.6 Å². The summed E-state index contributed by atoms with van der Waals surface area (Å²) in [5, 5.41) is 7.12. The van der Waals surface area contributed by atoms with Crippen molar-refractivity contribution in [2.45, 2.75) is 19.5 Å². The maximum atomic E-state index is 14.3. The van der Waals surface area contributed by atoms with Crippen LogP contribution in [-0.2, 0) is 19.5 Å². The van der Waals surface area contributed by atoms with E-state index < -0.39 is 5.82 Å². The molecular weight excluding hydrogens is 415 g/mol. The van der Waals surface area contributed by atoms with E-state index in [-0.39, 0.29) is 12.5 Å². The highest BCUT2D eigenvalue weighted by molar-refractivity contribution is 6.35. The molecule has 0 radical (unpaired) electrons. The molecule has 158 valence electrons. The zero-order valence-corrected chi connectivity index (χ0v) is 17.8. The Hall–Kier alpha value is -3.22. The number of aromatic nitrogens is 2. The van der Waals surface area contributed by atoms with Crippen LogP contribution in [0.1, 0.15) is 32.6 Å². The van der Waals surface area contributed by atoms with E-state index in [1.807, 2.05) is 13.1 Å². The van der Waals surface area contributed by atoms with Crippen LogP contribution in [0.3, 0.4) is 0 Å². The third kappa shape index (κ3) is 4.93. The maximum absolute atomic E-state index is 14.3. The summed E-state index contributed by atoms with van der Waals surface area (Å²) in [4.78, 5) is 19.7. The molecule has 0 unspecified atom stereocenters. The average Bonchev–Trinajstić information content (AvgIpc) is 3.13. The first-order valence-corrected chi connectivity index (χ1v) is 10.3. The van der Waals surface area contributed by atoms with Gasteiger partial charge in [-0.05, 0) is 48.4 Å². The third-order valence-electron chi connectivity index (χ3n) is 5.11. The average molecular weight is 437 g/mol. The van der Waals surface area contributed by atoms with Gasteiger partial charge in [0.2, 0.25) is 0 Å². The van der Waals surface area contributed by atoms with E-state index >= 15 is 0 Å². The van der Waals surface area contributed by atoms with E-state index in [9.17, 15) is 9.18 Å². The molecule has 4 rings (SSSR count). The van der Waals surface area contributed by atoms with Gasteiger partial charge in [0.15, 0.2) is 0 Å². The van der Waals surface area contributed by atoms with Crippen molar-refractivity contribution in [2.24, 2.45) is 0 Å². The SMILES string of the molecule is CNCc1ccc(Cc2cncc(C(=O)NCc3cc4c(Cl)c[nH]c4cc3F)c2)cc1. The van der Waals surface area contributed by atoms with Crippen molar-refractivity contribution in [1.82, 2.24) is 20.6 Å². The minimum absolute atomic E-state index is 0.0548. The molecule has 0 aliphatic rings. The number of fused-ring (bicyclic) bond motifs is 1. The normalized spacial score (nSPS) is 11.1. The molecule has 2 aromatic carbocycles. The van der Waals surface area contributed by atoms with Crippen LogP contribution in [0.2, 0.25) is 5.02 Å². The largest absolute Gasteiger partial charge is 0.360 e. The third-order valence-corrected chi connectivity index (χ3v) is 5.42. The Kier molecular flexibility index (Phi) is 6.30. The number of nitrogens with zero attached hydrogens (tertiary/aromatic N) is 1. The summed E-state index contributed by atoms with van der Waals surface area (Å²) in [7, 11) is 1.91. The van der Waals surface area contributed by atoms with Gasteiger partial charge in [0.1, 0.15) is 5.82 Å². The topological polar surface area (TPSA) is 69.8 Å². The molecule has 0 atom stereocenters. The highest BCUT2D eigenvalue weighted by Crippen LogP contribution is 2.25. The monoisotopic (exact) mass is 436 g/mol. The zero-order valence-electron chi connectivity index (χ0n) is 17.0. The second-order valence-corrected chi connectivity index (χ2v) is 7.82. The number of carbonyl (C=O) groups is 1. The molecule has 0 saturated heterocycles. The Morgan fingerprint density at radius 3 is 2.61 bits per heavy atom. The standard InChI is InChI=1S/C24H22ClFN4O/c1-27-10-16-4-2-15(3-5-16)6-17-7-19(12-28-11-17)24(31)30-13-18-8-20-21(25)14-29-23(20)9-22(18)26/h2-5,7-9,11-12,14,27,29H,6,10,13H2,1H3,(H,30,31). The van der Waals surface area contributed by atoms with Crippen molar-refractivity contribution in [3.05, 3.63) is 99.7 Å². The van der Waals surface area contributed by atoms with Gasteiger partial charge in [-0.1, -0.05) is 35.9 Å². The van der Waals surface area contributed by atoms with Crippen LogP contribution in [0, 0.1) is 5.82 Å². The fourth-order valence-corrected chi connectivity index (χ4v) is 3.70. The molecular formula is C24H22ClFN4O. The summed E-state index contributed by atoms with van der Waals surface area (Å²) in [6, 6.07) is 13.2. The Labute approximate surface area is 184 Å². The van der Waals surface area contributed by atoms with E-state index in [4.69, 9.17) is 11.6 Å². The molecule has 1 amide bonds. The molecule has 2 aromatic heterocycles. The van der Waals surface area contributed by atoms with Gasteiger partial charge in [-0.3, -0.25) is 9.78 Å². The second kappa shape index (κ2) is 9.29. The minimum Gasteiger partial charge on any atom is -0.360 e. The van der Waals surface area contributed by atoms with E-state index in [0.29, 0.717) is 28.1 Å². The van der Waals surface area contributed by atoms with Crippen molar-refractivity contribution in [1.29, 1.82) is 0 Å². The van der Waals surface area contributed by atoms with Gasteiger partial charge in [0.25, 0.3) is 5.91 Å². The Balaban J connectivity index is 1.43. The number of nitrogens with one attached hydrogen (secondary N) is 3. The molecule has 5 nitrogen and oxygen atoms in total. The lowest BCUT2D eigenvalue weighted by molar-refractivity contribution is 0.0950. The van der Waals surface area contributed by atoms with Crippen molar-refractivity contribution in [2.75, 3.05) is 7.05 Å². The summed E-state index contributed by atoms with van der Waals surface area (Å²) in [5.41, 5.74) is 4.70. The number of hydrogen-bond donors (Lipinski definition) is 3. The summed E-state index contributed by atoms with van der Waals surface area (Å²) < 4.78 is 14.3. The predicted molar refractivity (Wildman–Crippen MR) is 121 cm³/mol.